The fraction of sp³-hybridized carbons (Fsp3) is 0.857. The van der Waals surface area contributed by atoms with E-state index in [1.807, 2.05) is 13.8 Å². The summed E-state index contributed by atoms with van der Waals surface area (Å²) in [5.41, 5.74) is 0. The van der Waals surface area contributed by atoms with Gasteiger partial charge in [0.05, 0.1) is 6.54 Å². The standard InChI is InChI=1S/C14H26N2O3/c1-4-11(3)13(14(18)19)15-12(17)9-16-7-5-10(2)6-8-16/h10-11,13H,4-9H2,1-3H3,(H,15,17)(H,18,19). The van der Waals surface area contributed by atoms with Crippen LogP contribution < -0.4 is 5.32 Å². The molecule has 5 heteroatoms. The van der Waals surface area contributed by atoms with E-state index in [2.05, 4.69) is 17.1 Å². The number of likely N-dealkylation sites (tertiary alicyclic amines) is 1. The molecule has 0 aromatic heterocycles. The zero-order valence-corrected chi connectivity index (χ0v) is 12.2. The van der Waals surface area contributed by atoms with E-state index in [1.54, 1.807) is 0 Å². The Bertz CT molecular complexity index is 312. The van der Waals surface area contributed by atoms with Crippen molar-refractivity contribution >= 4 is 11.9 Å². The maximum atomic E-state index is 11.9. The largest absolute Gasteiger partial charge is 0.480 e. The lowest BCUT2D eigenvalue weighted by Crippen LogP contribution is -2.49. The topological polar surface area (TPSA) is 69.6 Å². The van der Waals surface area contributed by atoms with Crippen LogP contribution in [0.2, 0.25) is 0 Å². The quantitative estimate of drug-likeness (QED) is 0.764. The highest BCUT2D eigenvalue weighted by Crippen LogP contribution is 2.15. The number of amides is 1. The summed E-state index contributed by atoms with van der Waals surface area (Å²) in [6, 6.07) is -0.777. The summed E-state index contributed by atoms with van der Waals surface area (Å²) in [6.45, 7) is 8.17. The van der Waals surface area contributed by atoms with Crippen LogP contribution in [0, 0.1) is 11.8 Å². The highest BCUT2D eigenvalue weighted by Gasteiger charge is 2.26. The molecule has 0 aromatic carbocycles. The summed E-state index contributed by atoms with van der Waals surface area (Å²) in [6.07, 6.45) is 2.96. The van der Waals surface area contributed by atoms with Gasteiger partial charge in [-0.25, -0.2) is 4.79 Å². The van der Waals surface area contributed by atoms with E-state index in [0.717, 1.165) is 38.3 Å². The molecular weight excluding hydrogens is 244 g/mol. The number of aliphatic carboxylic acids is 1. The SMILES string of the molecule is CCC(C)C(NC(=O)CN1CCC(C)CC1)C(=O)O. The summed E-state index contributed by atoms with van der Waals surface area (Å²) < 4.78 is 0. The molecular formula is C14H26N2O3. The van der Waals surface area contributed by atoms with Crippen LogP contribution in [-0.2, 0) is 9.59 Å². The van der Waals surface area contributed by atoms with Crippen LogP contribution in [-0.4, -0.2) is 47.6 Å². The molecule has 1 amide bonds. The molecule has 0 aliphatic carbocycles. The Morgan fingerprint density at radius 1 is 1.37 bits per heavy atom. The second-order valence-corrected chi connectivity index (χ2v) is 5.73. The highest BCUT2D eigenvalue weighted by molar-refractivity contribution is 5.84. The second-order valence-electron chi connectivity index (χ2n) is 5.73. The van der Waals surface area contributed by atoms with Crippen LogP contribution in [0.5, 0.6) is 0 Å². The predicted molar refractivity (Wildman–Crippen MR) is 73.9 cm³/mol. The van der Waals surface area contributed by atoms with Crippen molar-refractivity contribution < 1.29 is 14.7 Å². The van der Waals surface area contributed by atoms with Crippen molar-refractivity contribution in [3.63, 3.8) is 0 Å². The van der Waals surface area contributed by atoms with Crippen LogP contribution in [0.3, 0.4) is 0 Å². The van der Waals surface area contributed by atoms with Gasteiger partial charge in [0.25, 0.3) is 0 Å². The lowest BCUT2D eigenvalue weighted by molar-refractivity contribution is -0.143. The molecule has 1 rings (SSSR count). The fourth-order valence-electron chi connectivity index (χ4n) is 2.33. The van der Waals surface area contributed by atoms with E-state index in [9.17, 15) is 9.59 Å². The number of rotatable bonds is 6. The minimum absolute atomic E-state index is 0.0529. The van der Waals surface area contributed by atoms with Crippen LogP contribution in [0.4, 0.5) is 0 Å². The molecule has 1 aliphatic heterocycles. The van der Waals surface area contributed by atoms with Crippen LogP contribution in [0.25, 0.3) is 0 Å². The Morgan fingerprint density at radius 2 is 1.95 bits per heavy atom. The van der Waals surface area contributed by atoms with Gasteiger partial charge in [0, 0.05) is 0 Å². The van der Waals surface area contributed by atoms with Gasteiger partial charge in [-0.05, 0) is 37.8 Å². The first-order chi connectivity index (χ1) is 8.93. The number of carbonyl (C=O) groups is 2. The van der Waals surface area contributed by atoms with Crippen LogP contribution in [0.15, 0.2) is 0 Å². The molecule has 2 N–H and O–H groups in total. The molecule has 2 atom stereocenters. The third-order valence-electron chi connectivity index (χ3n) is 4.04. The summed E-state index contributed by atoms with van der Waals surface area (Å²) >= 11 is 0. The number of carboxylic acid groups (broad SMARTS) is 1. The van der Waals surface area contributed by atoms with E-state index in [0.29, 0.717) is 6.54 Å². The molecule has 0 saturated carbocycles. The molecule has 0 radical (unpaired) electrons. The maximum absolute atomic E-state index is 11.9. The van der Waals surface area contributed by atoms with Gasteiger partial charge in [0.2, 0.25) is 5.91 Å². The molecule has 0 aromatic rings. The van der Waals surface area contributed by atoms with Crippen molar-refractivity contribution in [2.24, 2.45) is 11.8 Å². The van der Waals surface area contributed by atoms with Crippen molar-refractivity contribution in [2.75, 3.05) is 19.6 Å². The van der Waals surface area contributed by atoms with E-state index in [4.69, 9.17) is 5.11 Å². The predicted octanol–water partition coefficient (Wildman–Crippen LogP) is 1.33. The van der Waals surface area contributed by atoms with E-state index < -0.39 is 12.0 Å². The number of nitrogens with one attached hydrogen (secondary N) is 1. The number of carboxylic acids is 1. The van der Waals surface area contributed by atoms with E-state index >= 15 is 0 Å². The van der Waals surface area contributed by atoms with Crippen molar-refractivity contribution in [1.29, 1.82) is 0 Å². The highest BCUT2D eigenvalue weighted by atomic mass is 16.4. The fourth-order valence-corrected chi connectivity index (χ4v) is 2.33. The van der Waals surface area contributed by atoms with Gasteiger partial charge in [0.15, 0.2) is 0 Å². The zero-order chi connectivity index (χ0) is 14.4. The monoisotopic (exact) mass is 270 g/mol. The Balaban J connectivity index is 2.42. The average molecular weight is 270 g/mol. The number of nitrogens with zero attached hydrogens (tertiary/aromatic N) is 1. The molecule has 1 aliphatic rings. The number of piperidine rings is 1. The normalized spacial score (nSPS) is 20.8. The molecule has 5 nitrogen and oxygen atoms in total. The molecule has 110 valence electrons. The average Bonchev–Trinajstić information content (AvgIpc) is 2.37. The smallest absolute Gasteiger partial charge is 0.326 e. The Hall–Kier alpha value is -1.10. The maximum Gasteiger partial charge on any atom is 0.326 e. The lowest BCUT2D eigenvalue weighted by Gasteiger charge is -2.30. The first-order valence-electron chi connectivity index (χ1n) is 7.18. The third kappa shape index (κ3) is 5.19. The number of hydrogen-bond donors (Lipinski definition) is 2. The first-order valence-corrected chi connectivity index (χ1v) is 7.18. The zero-order valence-electron chi connectivity index (χ0n) is 12.2. The third-order valence-corrected chi connectivity index (χ3v) is 4.04. The molecule has 0 spiro atoms. The molecule has 1 heterocycles. The van der Waals surface area contributed by atoms with Crippen LogP contribution >= 0.6 is 0 Å². The molecule has 0 bridgehead atoms. The van der Waals surface area contributed by atoms with E-state index in [1.165, 1.54) is 0 Å². The van der Waals surface area contributed by atoms with Gasteiger partial charge in [-0.1, -0.05) is 27.2 Å². The van der Waals surface area contributed by atoms with Gasteiger partial charge in [-0.2, -0.15) is 0 Å². The van der Waals surface area contributed by atoms with Gasteiger partial charge in [-0.15, -0.1) is 0 Å². The molecule has 1 saturated heterocycles. The molecule has 1 fully saturated rings. The van der Waals surface area contributed by atoms with Crippen molar-refractivity contribution in [3.8, 4) is 0 Å². The van der Waals surface area contributed by atoms with Crippen LogP contribution in [0.1, 0.15) is 40.0 Å². The summed E-state index contributed by atoms with van der Waals surface area (Å²) in [7, 11) is 0. The summed E-state index contributed by atoms with van der Waals surface area (Å²) in [4.78, 5) is 25.2. The summed E-state index contributed by atoms with van der Waals surface area (Å²) in [5.74, 6) is -0.453. The number of hydrogen-bond acceptors (Lipinski definition) is 3. The van der Waals surface area contributed by atoms with Crippen molar-refractivity contribution in [1.82, 2.24) is 10.2 Å². The lowest BCUT2D eigenvalue weighted by atomic mass is 9.98. The second kappa shape index (κ2) is 7.48. The Labute approximate surface area is 115 Å². The molecule has 2 unspecified atom stereocenters. The minimum atomic E-state index is -0.949. The minimum Gasteiger partial charge on any atom is -0.480 e. The van der Waals surface area contributed by atoms with Gasteiger partial charge in [0.1, 0.15) is 6.04 Å². The first kappa shape index (κ1) is 16.0. The number of carbonyl (C=O) groups excluding carboxylic acids is 1. The van der Waals surface area contributed by atoms with Gasteiger partial charge in [-0.3, -0.25) is 9.69 Å². The van der Waals surface area contributed by atoms with Crippen molar-refractivity contribution in [3.05, 3.63) is 0 Å². The molecule has 19 heavy (non-hydrogen) atoms. The van der Waals surface area contributed by atoms with Gasteiger partial charge >= 0.3 is 5.97 Å². The van der Waals surface area contributed by atoms with Crippen molar-refractivity contribution in [2.45, 2.75) is 46.1 Å². The van der Waals surface area contributed by atoms with Gasteiger partial charge < -0.3 is 10.4 Å². The Kier molecular flexibility index (Phi) is 6.28. The van der Waals surface area contributed by atoms with E-state index in [-0.39, 0.29) is 11.8 Å². The Morgan fingerprint density at radius 3 is 2.42 bits per heavy atom. The summed E-state index contributed by atoms with van der Waals surface area (Å²) in [5, 5.41) is 11.8.